The molecule has 5 nitrogen and oxygen atoms in total. The number of aliphatic hydroxyl groups is 1. The summed E-state index contributed by atoms with van der Waals surface area (Å²) in [5.74, 6) is 0.974. The molecule has 1 aromatic carbocycles. The molecule has 1 saturated heterocycles. The minimum Gasteiger partial charge on any atom is -0.396 e. The molecule has 0 atom stereocenters. The van der Waals surface area contributed by atoms with E-state index in [1.165, 1.54) is 0 Å². The second-order valence-electron chi connectivity index (χ2n) is 5.72. The molecule has 1 fully saturated rings. The molecule has 0 saturated carbocycles. The van der Waals surface area contributed by atoms with Gasteiger partial charge in [0, 0.05) is 18.8 Å². The Hall–Kier alpha value is -1.69. The van der Waals surface area contributed by atoms with Gasteiger partial charge in [-0.3, -0.25) is 4.57 Å². The number of aromatic nitrogens is 2. The second kappa shape index (κ2) is 5.97. The van der Waals surface area contributed by atoms with E-state index in [1.54, 1.807) is 0 Å². The summed E-state index contributed by atoms with van der Waals surface area (Å²) in [6.45, 7) is 4.91. The van der Waals surface area contributed by atoms with Gasteiger partial charge < -0.3 is 15.2 Å². The molecule has 0 amide bonds. The number of hydrogen-bond acceptors (Lipinski definition) is 4. The van der Waals surface area contributed by atoms with Crippen molar-refractivity contribution in [3.63, 3.8) is 0 Å². The van der Waals surface area contributed by atoms with Crippen molar-refractivity contribution in [1.82, 2.24) is 14.9 Å². The Morgan fingerprint density at radius 3 is 2.71 bits per heavy atom. The van der Waals surface area contributed by atoms with Gasteiger partial charge in [0.15, 0.2) is 0 Å². The zero-order valence-corrected chi connectivity index (χ0v) is 12.2. The first-order valence-corrected chi connectivity index (χ1v) is 7.22. The molecule has 2 aromatic rings. The van der Waals surface area contributed by atoms with Crippen LogP contribution in [0.4, 0.5) is 0 Å². The quantitative estimate of drug-likeness (QED) is 0.840. The lowest BCUT2D eigenvalue weighted by atomic mass is 9.87. The lowest BCUT2D eigenvalue weighted by Crippen LogP contribution is -2.52. The van der Waals surface area contributed by atoms with Crippen molar-refractivity contribution in [3.05, 3.63) is 48.0 Å². The summed E-state index contributed by atoms with van der Waals surface area (Å²) in [6, 6.07) is 10.2. The molecule has 2 N–H and O–H groups in total. The van der Waals surface area contributed by atoms with Crippen molar-refractivity contribution in [3.8, 4) is 5.69 Å². The SMILES string of the molecule is Cc1ncc(CNCC2(CO)COC2)n1-c1ccccc1. The van der Waals surface area contributed by atoms with Gasteiger partial charge in [-0.15, -0.1) is 0 Å². The summed E-state index contributed by atoms with van der Waals surface area (Å²) in [7, 11) is 0. The monoisotopic (exact) mass is 287 g/mol. The van der Waals surface area contributed by atoms with Gasteiger partial charge in [-0.2, -0.15) is 0 Å². The van der Waals surface area contributed by atoms with E-state index in [1.807, 2.05) is 31.3 Å². The third-order valence-corrected chi connectivity index (χ3v) is 3.98. The summed E-state index contributed by atoms with van der Waals surface area (Å²) in [4.78, 5) is 4.41. The van der Waals surface area contributed by atoms with E-state index in [9.17, 15) is 5.11 Å². The van der Waals surface area contributed by atoms with E-state index in [2.05, 4.69) is 27.0 Å². The molecule has 112 valence electrons. The predicted molar refractivity (Wildman–Crippen MR) is 80.3 cm³/mol. The average Bonchev–Trinajstić information content (AvgIpc) is 2.84. The van der Waals surface area contributed by atoms with Crippen LogP contribution in [-0.2, 0) is 11.3 Å². The van der Waals surface area contributed by atoms with Crippen LogP contribution >= 0.6 is 0 Å². The maximum Gasteiger partial charge on any atom is 0.110 e. The van der Waals surface area contributed by atoms with E-state index in [4.69, 9.17) is 4.74 Å². The van der Waals surface area contributed by atoms with E-state index in [0.717, 1.165) is 30.3 Å². The van der Waals surface area contributed by atoms with Gasteiger partial charge in [0.05, 0.1) is 37.1 Å². The molecule has 5 heteroatoms. The highest BCUT2D eigenvalue weighted by Gasteiger charge is 2.37. The molecule has 21 heavy (non-hydrogen) atoms. The first-order valence-electron chi connectivity index (χ1n) is 7.22. The molecule has 0 unspecified atom stereocenters. The molecule has 1 aromatic heterocycles. The zero-order chi connectivity index (χ0) is 14.7. The summed E-state index contributed by atoms with van der Waals surface area (Å²) in [5, 5.41) is 12.9. The molecular weight excluding hydrogens is 266 g/mol. The number of imidazole rings is 1. The van der Waals surface area contributed by atoms with Gasteiger partial charge in [-0.05, 0) is 19.1 Å². The van der Waals surface area contributed by atoms with Gasteiger partial charge in [-0.1, -0.05) is 18.2 Å². The minimum atomic E-state index is -0.105. The third-order valence-electron chi connectivity index (χ3n) is 3.98. The number of hydrogen-bond donors (Lipinski definition) is 2. The summed E-state index contributed by atoms with van der Waals surface area (Å²) in [6.07, 6.45) is 1.90. The number of aliphatic hydroxyl groups excluding tert-OH is 1. The van der Waals surface area contributed by atoms with Gasteiger partial charge in [0.2, 0.25) is 0 Å². The van der Waals surface area contributed by atoms with Gasteiger partial charge in [0.25, 0.3) is 0 Å². The Morgan fingerprint density at radius 1 is 1.33 bits per heavy atom. The number of nitrogens with zero attached hydrogens (tertiary/aromatic N) is 2. The molecule has 0 spiro atoms. The summed E-state index contributed by atoms with van der Waals surface area (Å²) < 4.78 is 7.36. The van der Waals surface area contributed by atoms with E-state index in [-0.39, 0.29) is 12.0 Å². The van der Waals surface area contributed by atoms with Crippen LogP contribution in [-0.4, -0.2) is 41.0 Å². The molecule has 0 aliphatic carbocycles. The lowest BCUT2D eigenvalue weighted by molar-refractivity contribution is -0.134. The summed E-state index contributed by atoms with van der Waals surface area (Å²) >= 11 is 0. The van der Waals surface area contributed by atoms with Crippen molar-refractivity contribution in [2.75, 3.05) is 26.4 Å². The number of aryl methyl sites for hydroxylation is 1. The number of para-hydroxylation sites is 1. The first kappa shape index (κ1) is 14.3. The lowest BCUT2D eigenvalue weighted by Gasteiger charge is -2.40. The molecule has 0 radical (unpaired) electrons. The Kier molecular flexibility index (Phi) is 4.05. The fourth-order valence-electron chi connectivity index (χ4n) is 2.64. The van der Waals surface area contributed by atoms with Gasteiger partial charge >= 0.3 is 0 Å². The van der Waals surface area contributed by atoms with Crippen LogP contribution in [0.25, 0.3) is 5.69 Å². The molecule has 3 rings (SSSR count). The van der Waals surface area contributed by atoms with Crippen LogP contribution in [0.15, 0.2) is 36.5 Å². The highest BCUT2D eigenvalue weighted by Crippen LogP contribution is 2.25. The van der Waals surface area contributed by atoms with Crippen molar-refractivity contribution >= 4 is 0 Å². The van der Waals surface area contributed by atoms with E-state index >= 15 is 0 Å². The molecule has 1 aliphatic rings. The topological polar surface area (TPSA) is 59.3 Å². The van der Waals surface area contributed by atoms with Gasteiger partial charge in [0.1, 0.15) is 5.82 Å². The predicted octanol–water partition coefficient (Wildman–Crippen LogP) is 1.28. The third kappa shape index (κ3) is 2.85. The molecular formula is C16H21N3O2. The largest absolute Gasteiger partial charge is 0.396 e. The van der Waals surface area contributed by atoms with Crippen molar-refractivity contribution in [2.24, 2.45) is 5.41 Å². The zero-order valence-electron chi connectivity index (χ0n) is 12.2. The number of nitrogens with one attached hydrogen (secondary N) is 1. The highest BCUT2D eigenvalue weighted by atomic mass is 16.5. The van der Waals surface area contributed by atoms with Crippen LogP contribution in [0.3, 0.4) is 0 Å². The average molecular weight is 287 g/mol. The smallest absolute Gasteiger partial charge is 0.110 e. The fourth-order valence-corrected chi connectivity index (χ4v) is 2.64. The van der Waals surface area contributed by atoms with Crippen LogP contribution in [0.1, 0.15) is 11.5 Å². The maximum absolute atomic E-state index is 9.43. The Balaban J connectivity index is 1.69. The summed E-state index contributed by atoms with van der Waals surface area (Å²) in [5.41, 5.74) is 2.13. The van der Waals surface area contributed by atoms with E-state index < -0.39 is 0 Å². The van der Waals surface area contributed by atoms with E-state index in [0.29, 0.717) is 13.2 Å². The number of ether oxygens (including phenoxy) is 1. The minimum absolute atomic E-state index is 0.105. The van der Waals surface area contributed by atoms with Crippen molar-refractivity contribution in [2.45, 2.75) is 13.5 Å². The first-order chi connectivity index (χ1) is 10.2. The highest BCUT2D eigenvalue weighted by molar-refractivity contribution is 5.35. The van der Waals surface area contributed by atoms with Crippen molar-refractivity contribution in [1.29, 1.82) is 0 Å². The standard InChI is InChI=1S/C16H21N3O2/c1-13-18-8-15(19(13)14-5-3-2-4-6-14)7-17-9-16(10-20)11-21-12-16/h2-6,8,17,20H,7,9-12H2,1H3. The van der Waals surface area contributed by atoms with Crippen LogP contribution in [0, 0.1) is 12.3 Å². The van der Waals surface area contributed by atoms with Crippen LogP contribution < -0.4 is 5.32 Å². The Morgan fingerprint density at radius 2 is 2.10 bits per heavy atom. The molecule has 2 heterocycles. The van der Waals surface area contributed by atoms with Gasteiger partial charge in [-0.25, -0.2) is 4.98 Å². The molecule has 1 aliphatic heterocycles. The fraction of sp³-hybridized carbons (Fsp3) is 0.438. The second-order valence-corrected chi connectivity index (χ2v) is 5.72. The van der Waals surface area contributed by atoms with Crippen LogP contribution in [0.2, 0.25) is 0 Å². The van der Waals surface area contributed by atoms with Crippen molar-refractivity contribution < 1.29 is 9.84 Å². The number of benzene rings is 1. The molecule has 0 bridgehead atoms. The number of rotatable bonds is 6. The maximum atomic E-state index is 9.43. The van der Waals surface area contributed by atoms with Crippen LogP contribution in [0.5, 0.6) is 0 Å². The Labute approximate surface area is 124 Å². The normalized spacial score (nSPS) is 16.7. The Bertz CT molecular complexity index is 585.